The normalized spacial score (nSPS) is 9.61. The minimum Gasteiger partial charge on any atom is -0.352 e. The van der Waals surface area contributed by atoms with Crippen molar-refractivity contribution in [3.63, 3.8) is 0 Å². The van der Waals surface area contributed by atoms with Gasteiger partial charge in [-0.15, -0.1) is 0 Å². The molecule has 1 aromatic carbocycles. The van der Waals surface area contributed by atoms with Crippen LogP contribution in [0.1, 0.15) is 42.1 Å². The maximum absolute atomic E-state index is 11.7. The van der Waals surface area contributed by atoms with Crippen LogP contribution in [-0.2, 0) is 6.54 Å². The maximum Gasteiger partial charge on any atom is 0.251 e. The van der Waals surface area contributed by atoms with Crippen molar-refractivity contribution in [2.75, 3.05) is 6.54 Å². The zero-order chi connectivity index (χ0) is 13.2. The van der Waals surface area contributed by atoms with Crippen LogP contribution in [0.4, 0.5) is 0 Å². The van der Waals surface area contributed by atoms with Crippen molar-refractivity contribution in [2.45, 2.75) is 32.7 Å². The number of unbranched alkanes of at least 4 members (excludes halogenated alkanes) is 2. The highest BCUT2D eigenvalue weighted by molar-refractivity contribution is 5.94. The molecule has 0 aliphatic carbocycles. The summed E-state index contributed by atoms with van der Waals surface area (Å²) in [6.07, 6.45) is 3.28. The molecule has 5 nitrogen and oxygen atoms in total. The Balaban J connectivity index is 2.45. The fourth-order valence-electron chi connectivity index (χ4n) is 1.55. The number of hydrogen-bond acceptors (Lipinski definition) is 2. The Morgan fingerprint density at radius 2 is 2.06 bits per heavy atom. The topological polar surface area (TPSA) is 77.9 Å². The van der Waals surface area contributed by atoms with Gasteiger partial charge in [0.15, 0.2) is 0 Å². The van der Waals surface area contributed by atoms with Crippen LogP contribution in [0.25, 0.3) is 10.4 Å². The third-order valence-electron chi connectivity index (χ3n) is 2.60. The molecule has 0 heterocycles. The summed E-state index contributed by atoms with van der Waals surface area (Å²) >= 11 is 0. The van der Waals surface area contributed by atoms with Gasteiger partial charge in [0.05, 0.1) is 6.54 Å². The number of rotatable bonds is 7. The fraction of sp³-hybridized carbons (Fsp3) is 0.462. The van der Waals surface area contributed by atoms with Gasteiger partial charge in [-0.1, -0.05) is 37.0 Å². The van der Waals surface area contributed by atoms with Gasteiger partial charge < -0.3 is 5.32 Å². The molecule has 0 saturated carbocycles. The van der Waals surface area contributed by atoms with Gasteiger partial charge in [-0.25, -0.2) is 0 Å². The number of nitrogens with zero attached hydrogens (tertiary/aromatic N) is 3. The lowest BCUT2D eigenvalue weighted by molar-refractivity contribution is 0.0953. The van der Waals surface area contributed by atoms with Gasteiger partial charge in [-0.2, -0.15) is 0 Å². The van der Waals surface area contributed by atoms with Crippen LogP contribution in [0.5, 0.6) is 0 Å². The molecule has 0 atom stereocenters. The first kappa shape index (κ1) is 14.1. The summed E-state index contributed by atoms with van der Waals surface area (Å²) in [4.78, 5) is 14.4. The van der Waals surface area contributed by atoms with E-state index in [9.17, 15) is 4.79 Å². The van der Waals surface area contributed by atoms with Crippen molar-refractivity contribution in [2.24, 2.45) is 5.11 Å². The number of carbonyl (C=O) groups is 1. The first-order chi connectivity index (χ1) is 8.77. The predicted octanol–water partition coefficient (Wildman–Crippen LogP) is 3.42. The molecule has 0 unspecified atom stereocenters. The summed E-state index contributed by atoms with van der Waals surface area (Å²) < 4.78 is 0. The molecule has 0 bridgehead atoms. The van der Waals surface area contributed by atoms with Crippen molar-refractivity contribution >= 4 is 5.91 Å². The lowest BCUT2D eigenvalue weighted by Gasteiger charge is -2.05. The van der Waals surface area contributed by atoms with Crippen molar-refractivity contribution in [1.82, 2.24) is 5.32 Å². The summed E-state index contributed by atoms with van der Waals surface area (Å²) in [7, 11) is 0. The van der Waals surface area contributed by atoms with E-state index in [1.165, 1.54) is 0 Å². The number of benzene rings is 1. The van der Waals surface area contributed by atoms with Crippen LogP contribution in [0, 0.1) is 0 Å². The fourth-order valence-corrected chi connectivity index (χ4v) is 1.55. The van der Waals surface area contributed by atoms with E-state index in [1.807, 2.05) is 0 Å². The summed E-state index contributed by atoms with van der Waals surface area (Å²) in [6.45, 7) is 3.16. The molecule has 0 fully saturated rings. The summed E-state index contributed by atoms with van der Waals surface area (Å²) in [5.41, 5.74) is 9.74. The highest BCUT2D eigenvalue weighted by Crippen LogP contribution is 2.06. The van der Waals surface area contributed by atoms with Crippen LogP contribution in [0.15, 0.2) is 29.4 Å². The Morgan fingerprint density at radius 1 is 1.33 bits per heavy atom. The Labute approximate surface area is 107 Å². The smallest absolute Gasteiger partial charge is 0.251 e. The van der Waals surface area contributed by atoms with Gasteiger partial charge in [0.2, 0.25) is 0 Å². The molecule has 0 radical (unpaired) electrons. The zero-order valence-electron chi connectivity index (χ0n) is 10.6. The van der Waals surface area contributed by atoms with Gasteiger partial charge in [0.1, 0.15) is 0 Å². The van der Waals surface area contributed by atoms with E-state index < -0.39 is 0 Å². The van der Waals surface area contributed by atoms with Gasteiger partial charge in [-0.3, -0.25) is 4.79 Å². The van der Waals surface area contributed by atoms with Crippen LogP contribution in [0.3, 0.4) is 0 Å². The quantitative estimate of drug-likeness (QED) is 0.340. The zero-order valence-corrected chi connectivity index (χ0v) is 10.6. The largest absolute Gasteiger partial charge is 0.352 e. The Bertz CT molecular complexity index is 421. The SMILES string of the molecule is CCCCCNC(=O)c1ccc(CN=[N+]=[N-])cc1. The lowest BCUT2D eigenvalue weighted by Crippen LogP contribution is -2.24. The first-order valence-corrected chi connectivity index (χ1v) is 6.16. The molecule has 1 aromatic rings. The Kier molecular flexibility index (Phi) is 6.36. The second-order valence-corrected chi connectivity index (χ2v) is 4.05. The minimum atomic E-state index is -0.0542. The average Bonchev–Trinajstić information content (AvgIpc) is 2.41. The molecule has 1 amide bonds. The number of azide groups is 1. The van der Waals surface area contributed by atoms with Crippen molar-refractivity contribution in [3.8, 4) is 0 Å². The van der Waals surface area contributed by atoms with E-state index in [4.69, 9.17) is 5.53 Å². The summed E-state index contributed by atoms with van der Waals surface area (Å²) in [6, 6.07) is 7.10. The molecule has 18 heavy (non-hydrogen) atoms. The third kappa shape index (κ3) is 4.89. The standard InChI is InChI=1S/C13H18N4O/c1-2-3-4-9-15-13(18)12-7-5-11(6-8-12)10-16-17-14/h5-8H,2-4,9-10H2,1H3,(H,15,18). The molecule has 0 spiro atoms. The Morgan fingerprint density at radius 3 is 2.67 bits per heavy atom. The minimum absolute atomic E-state index is 0.0542. The molecule has 1 N–H and O–H groups in total. The highest BCUT2D eigenvalue weighted by Gasteiger charge is 2.03. The second-order valence-electron chi connectivity index (χ2n) is 4.05. The molecule has 0 saturated heterocycles. The predicted molar refractivity (Wildman–Crippen MR) is 71.2 cm³/mol. The van der Waals surface area contributed by atoms with Crippen molar-refractivity contribution in [3.05, 3.63) is 45.8 Å². The molecule has 96 valence electrons. The number of hydrogen-bond donors (Lipinski definition) is 1. The van der Waals surface area contributed by atoms with E-state index >= 15 is 0 Å². The monoisotopic (exact) mass is 246 g/mol. The maximum atomic E-state index is 11.7. The average molecular weight is 246 g/mol. The molecule has 0 aliphatic heterocycles. The summed E-state index contributed by atoms with van der Waals surface area (Å²) in [5.74, 6) is -0.0542. The van der Waals surface area contributed by atoms with E-state index in [2.05, 4.69) is 22.3 Å². The van der Waals surface area contributed by atoms with Crippen LogP contribution < -0.4 is 5.32 Å². The molecule has 5 heteroatoms. The van der Waals surface area contributed by atoms with Crippen LogP contribution in [-0.4, -0.2) is 12.5 Å². The van der Waals surface area contributed by atoms with Gasteiger partial charge in [0, 0.05) is 17.0 Å². The second kappa shape index (κ2) is 8.14. The molecular formula is C13H18N4O. The number of carbonyl (C=O) groups excluding carboxylic acids is 1. The van der Waals surface area contributed by atoms with Crippen LogP contribution >= 0.6 is 0 Å². The van der Waals surface area contributed by atoms with Gasteiger partial charge in [0.25, 0.3) is 5.91 Å². The number of amides is 1. The molecule has 0 aromatic heterocycles. The molecular weight excluding hydrogens is 228 g/mol. The summed E-state index contributed by atoms with van der Waals surface area (Å²) in [5, 5.41) is 6.34. The Hall–Kier alpha value is -2.00. The van der Waals surface area contributed by atoms with E-state index in [-0.39, 0.29) is 5.91 Å². The van der Waals surface area contributed by atoms with Crippen molar-refractivity contribution in [1.29, 1.82) is 0 Å². The van der Waals surface area contributed by atoms with E-state index in [0.29, 0.717) is 18.7 Å². The van der Waals surface area contributed by atoms with Crippen molar-refractivity contribution < 1.29 is 4.79 Å². The third-order valence-corrected chi connectivity index (χ3v) is 2.60. The first-order valence-electron chi connectivity index (χ1n) is 6.16. The molecule has 0 aliphatic rings. The molecule has 1 rings (SSSR count). The lowest BCUT2D eigenvalue weighted by atomic mass is 10.1. The van der Waals surface area contributed by atoms with E-state index in [0.717, 1.165) is 24.8 Å². The van der Waals surface area contributed by atoms with E-state index in [1.54, 1.807) is 24.3 Å². The number of nitrogens with one attached hydrogen (secondary N) is 1. The highest BCUT2D eigenvalue weighted by atomic mass is 16.1. The van der Waals surface area contributed by atoms with Crippen LogP contribution in [0.2, 0.25) is 0 Å². The van der Waals surface area contributed by atoms with Gasteiger partial charge >= 0.3 is 0 Å². The van der Waals surface area contributed by atoms with Gasteiger partial charge in [-0.05, 0) is 29.6 Å².